The molecule has 1 amide bonds. The van der Waals surface area contributed by atoms with Gasteiger partial charge in [0.15, 0.2) is 5.65 Å². The summed E-state index contributed by atoms with van der Waals surface area (Å²) in [4.78, 5) is 18.1. The number of pyridine rings is 1. The molecule has 3 N–H and O–H groups in total. The van der Waals surface area contributed by atoms with Crippen LogP contribution in [0.15, 0.2) is 42.6 Å². The first-order valence-electron chi connectivity index (χ1n) is 10.1. The normalized spacial score (nSPS) is 18.3. The number of halogens is 2. The second kappa shape index (κ2) is 10.8. The van der Waals surface area contributed by atoms with Crippen LogP contribution in [-0.4, -0.2) is 33.3 Å². The van der Waals surface area contributed by atoms with Crippen LogP contribution >= 0.6 is 24.8 Å². The van der Waals surface area contributed by atoms with Crippen molar-refractivity contribution in [2.75, 3.05) is 6.54 Å². The van der Waals surface area contributed by atoms with Gasteiger partial charge in [0.05, 0.1) is 22.8 Å². The minimum absolute atomic E-state index is 0. The Hall–Kier alpha value is -2.15. The Bertz CT molecular complexity index is 976. The third kappa shape index (κ3) is 4.77. The molecule has 1 fully saturated rings. The Kier molecular flexibility index (Phi) is 8.65. The summed E-state index contributed by atoms with van der Waals surface area (Å²) >= 11 is 0. The van der Waals surface area contributed by atoms with E-state index < -0.39 is 0 Å². The lowest BCUT2D eigenvalue weighted by Gasteiger charge is -2.31. The first-order chi connectivity index (χ1) is 13.7. The summed E-state index contributed by atoms with van der Waals surface area (Å²) in [6.45, 7) is 3.34. The van der Waals surface area contributed by atoms with Crippen LogP contribution in [-0.2, 0) is 6.54 Å². The molecule has 2 atom stereocenters. The molecule has 1 aliphatic carbocycles. The number of amides is 1. The summed E-state index contributed by atoms with van der Waals surface area (Å²) in [7, 11) is 0. The maximum atomic E-state index is 13.3. The molecular weight excluding hydrogens is 421 g/mol. The average Bonchev–Trinajstić information content (AvgIpc) is 3.17. The van der Waals surface area contributed by atoms with Crippen LogP contribution in [0.5, 0.6) is 0 Å². The molecule has 2 heterocycles. The van der Waals surface area contributed by atoms with Gasteiger partial charge in [0.2, 0.25) is 0 Å². The van der Waals surface area contributed by atoms with E-state index in [-0.39, 0.29) is 36.8 Å². The molecule has 0 aliphatic heterocycles. The summed E-state index contributed by atoms with van der Waals surface area (Å²) in [6, 6.07) is 12.0. The van der Waals surface area contributed by atoms with E-state index in [1.165, 1.54) is 6.42 Å². The number of nitrogens with zero attached hydrogens (tertiary/aromatic N) is 3. The van der Waals surface area contributed by atoms with Gasteiger partial charge in [-0.3, -0.25) is 4.79 Å². The van der Waals surface area contributed by atoms with Crippen LogP contribution in [0.2, 0.25) is 0 Å². The molecule has 1 aliphatic rings. The molecule has 1 saturated carbocycles. The second-order valence-corrected chi connectivity index (χ2v) is 7.48. The van der Waals surface area contributed by atoms with Gasteiger partial charge in [0.25, 0.3) is 5.91 Å². The lowest BCUT2D eigenvalue weighted by molar-refractivity contribution is 0.0909. The summed E-state index contributed by atoms with van der Waals surface area (Å²) in [5, 5.41) is 8.47. The van der Waals surface area contributed by atoms with Crippen molar-refractivity contribution < 1.29 is 4.79 Å². The summed E-state index contributed by atoms with van der Waals surface area (Å²) in [6.07, 6.45) is 6.14. The predicted octanol–water partition coefficient (Wildman–Crippen LogP) is 4.21. The molecule has 30 heavy (non-hydrogen) atoms. The molecule has 6 nitrogen and oxygen atoms in total. The molecule has 3 aromatic rings. The van der Waals surface area contributed by atoms with Crippen LogP contribution in [0.1, 0.15) is 43.0 Å². The highest BCUT2D eigenvalue weighted by molar-refractivity contribution is 6.06. The molecule has 2 unspecified atom stereocenters. The van der Waals surface area contributed by atoms with Gasteiger partial charge in [-0.05, 0) is 38.3 Å². The van der Waals surface area contributed by atoms with Crippen LogP contribution in [0.25, 0.3) is 22.3 Å². The van der Waals surface area contributed by atoms with Crippen LogP contribution in [0.3, 0.4) is 0 Å². The molecule has 0 saturated heterocycles. The van der Waals surface area contributed by atoms with Crippen LogP contribution < -0.4 is 11.1 Å². The van der Waals surface area contributed by atoms with Crippen molar-refractivity contribution in [1.82, 2.24) is 20.1 Å². The fraction of sp³-hybridized carbons (Fsp3) is 0.409. The molecule has 1 aromatic carbocycles. The van der Waals surface area contributed by atoms with E-state index in [0.29, 0.717) is 24.6 Å². The monoisotopic (exact) mass is 449 g/mol. The molecule has 4 rings (SSSR count). The van der Waals surface area contributed by atoms with E-state index >= 15 is 0 Å². The fourth-order valence-electron chi connectivity index (χ4n) is 4.15. The Balaban J connectivity index is 0.00000160. The predicted molar refractivity (Wildman–Crippen MR) is 125 cm³/mol. The number of carbonyl (C=O) groups excluding carboxylic acids is 1. The van der Waals surface area contributed by atoms with Gasteiger partial charge < -0.3 is 11.1 Å². The highest BCUT2D eigenvalue weighted by Gasteiger charge is 2.27. The smallest absolute Gasteiger partial charge is 0.252 e. The quantitative estimate of drug-likeness (QED) is 0.610. The molecule has 2 aromatic heterocycles. The molecule has 162 valence electrons. The summed E-state index contributed by atoms with van der Waals surface area (Å²) in [5.74, 6) is 0.285. The number of benzene rings is 1. The lowest BCUT2D eigenvalue weighted by atomic mass is 9.84. The molecule has 0 radical (unpaired) electrons. The number of fused-ring (bicyclic) bond motifs is 1. The van der Waals surface area contributed by atoms with Crippen molar-refractivity contribution in [2.45, 2.75) is 45.2 Å². The van der Waals surface area contributed by atoms with Gasteiger partial charge in [-0.2, -0.15) is 5.10 Å². The topological polar surface area (TPSA) is 85.8 Å². The molecule has 0 bridgehead atoms. The van der Waals surface area contributed by atoms with Gasteiger partial charge in [-0.15, -0.1) is 24.8 Å². The van der Waals surface area contributed by atoms with Gasteiger partial charge in [-0.1, -0.05) is 43.2 Å². The number of nitrogens with one attached hydrogen (secondary N) is 1. The standard InChI is InChI=1S/C22H27N5O.2ClH/c1-2-27-21-18(14-24-27)17(12-20(25-21)15-8-4-3-5-9-15)22(28)26-19-11-7-6-10-16(19)13-23;;/h3-5,8-9,12,14,16,19H,2,6-7,10-11,13,23H2,1H3,(H,26,28);2*1H. The zero-order valence-corrected chi connectivity index (χ0v) is 18.7. The Morgan fingerprint density at radius 1 is 1.20 bits per heavy atom. The van der Waals surface area contributed by atoms with Crippen molar-refractivity contribution in [3.63, 3.8) is 0 Å². The molecule has 0 spiro atoms. The van der Waals surface area contributed by atoms with Crippen molar-refractivity contribution in [3.05, 3.63) is 48.2 Å². The summed E-state index contributed by atoms with van der Waals surface area (Å²) < 4.78 is 1.84. The maximum Gasteiger partial charge on any atom is 0.252 e. The Labute approximate surface area is 189 Å². The number of hydrogen-bond acceptors (Lipinski definition) is 4. The van der Waals surface area contributed by atoms with E-state index in [4.69, 9.17) is 10.7 Å². The molecule has 8 heteroatoms. The molecular formula is C22H29Cl2N5O. The average molecular weight is 450 g/mol. The second-order valence-electron chi connectivity index (χ2n) is 7.48. The van der Waals surface area contributed by atoms with Crippen molar-refractivity contribution in [1.29, 1.82) is 0 Å². The third-order valence-electron chi connectivity index (χ3n) is 5.75. The highest BCUT2D eigenvalue weighted by atomic mass is 35.5. The van der Waals surface area contributed by atoms with Crippen molar-refractivity contribution in [3.8, 4) is 11.3 Å². The maximum absolute atomic E-state index is 13.3. The first kappa shape index (κ1) is 24.1. The van der Waals surface area contributed by atoms with E-state index in [9.17, 15) is 4.79 Å². The number of nitrogens with two attached hydrogens (primary N) is 1. The SMILES string of the molecule is CCn1ncc2c(C(=O)NC3CCCCC3CN)cc(-c3ccccc3)nc21.Cl.Cl. The van der Waals surface area contributed by atoms with E-state index in [1.807, 2.05) is 48.0 Å². The number of hydrogen-bond donors (Lipinski definition) is 2. The largest absolute Gasteiger partial charge is 0.349 e. The first-order valence-corrected chi connectivity index (χ1v) is 10.1. The van der Waals surface area contributed by atoms with Crippen LogP contribution in [0, 0.1) is 5.92 Å². The van der Waals surface area contributed by atoms with E-state index in [0.717, 1.165) is 41.6 Å². The van der Waals surface area contributed by atoms with Crippen molar-refractivity contribution >= 4 is 41.8 Å². The number of aryl methyl sites for hydroxylation is 1. The van der Waals surface area contributed by atoms with Gasteiger partial charge >= 0.3 is 0 Å². The van der Waals surface area contributed by atoms with E-state index in [1.54, 1.807) is 6.20 Å². The van der Waals surface area contributed by atoms with Crippen LogP contribution in [0.4, 0.5) is 0 Å². The minimum atomic E-state index is -0.0643. The highest BCUT2D eigenvalue weighted by Crippen LogP contribution is 2.27. The van der Waals surface area contributed by atoms with Gasteiger partial charge in [-0.25, -0.2) is 9.67 Å². The number of rotatable bonds is 5. The lowest BCUT2D eigenvalue weighted by Crippen LogP contribution is -2.44. The van der Waals surface area contributed by atoms with Crippen molar-refractivity contribution in [2.24, 2.45) is 11.7 Å². The van der Waals surface area contributed by atoms with Gasteiger partial charge in [0, 0.05) is 18.2 Å². The minimum Gasteiger partial charge on any atom is -0.349 e. The Morgan fingerprint density at radius 3 is 2.63 bits per heavy atom. The Morgan fingerprint density at radius 2 is 1.93 bits per heavy atom. The van der Waals surface area contributed by atoms with Gasteiger partial charge in [0.1, 0.15) is 0 Å². The zero-order chi connectivity index (χ0) is 19.5. The summed E-state index contributed by atoms with van der Waals surface area (Å²) in [5.41, 5.74) is 9.09. The number of aromatic nitrogens is 3. The zero-order valence-electron chi connectivity index (χ0n) is 17.1. The fourth-order valence-corrected chi connectivity index (χ4v) is 4.15. The number of carbonyl (C=O) groups is 1. The third-order valence-corrected chi connectivity index (χ3v) is 5.75. The van der Waals surface area contributed by atoms with E-state index in [2.05, 4.69) is 10.4 Å².